The minimum atomic E-state index is -0.233. The lowest BCUT2D eigenvalue weighted by Crippen LogP contribution is -2.73. The van der Waals surface area contributed by atoms with E-state index in [0.717, 1.165) is 29.1 Å². The van der Waals surface area contributed by atoms with Crippen LogP contribution in [0.4, 0.5) is 0 Å². The SMILES string of the molecule is CC(C)(Cc1ccc(Cl)cc1)c1noc(C23C4C(=O)C5C6CC(C52)C3C64)n1. The second kappa shape index (κ2) is 4.32. The Hall–Kier alpha value is -1.68. The number of rotatable bonds is 4. The molecule has 8 atom stereocenters. The molecule has 0 saturated heterocycles. The van der Waals surface area contributed by atoms with E-state index in [1.165, 1.54) is 12.0 Å². The van der Waals surface area contributed by atoms with Gasteiger partial charge in [0.15, 0.2) is 5.82 Å². The topological polar surface area (TPSA) is 56.0 Å². The van der Waals surface area contributed by atoms with E-state index in [1.807, 2.05) is 12.1 Å². The summed E-state index contributed by atoms with van der Waals surface area (Å²) in [5.41, 5.74) is 0.894. The van der Waals surface area contributed by atoms with Crippen molar-refractivity contribution >= 4 is 17.4 Å². The van der Waals surface area contributed by atoms with Crippen molar-refractivity contribution in [3.05, 3.63) is 46.6 Å². The van der Waals surface area contributed by atoms with Gasteiger partial charge >= 0.3 is 0 Å². The fourth-order valence-electron chi connectivity index (χ4n) is 8.26. The molecule has 4 nitrogen and oxygen atoms in total. The van der Waals surface area contributed by atoms with Gasteiger partial charge in [-0.15, -0.1) is 0 Å². The van der Waals surface area contributed by atoms with Gasteiger partial charge < -0.3 is 4.52 Å². The highest BCUT2D eigenvalue weighted by atomic mass is 35.5. The van der Waals surface area contributed by atoms with Crippen LogP contribution in [0.2, 0.25) is 5.02 Å². The summed E-state index contributed by atoms with van der Waals surface area (Å²) in [7, 11) is 0. The third kappa shape index (κ3) is 1.42. The van der Waals surface area contributed by atoms with Crippen LogP contribution in [0.3, 0.4) is 0 Å². The Balaban J connectivity index is 1.23. The number of benzene rings is 1. The molecule has 0 spiro atoms. The molecule has 0 amide bonds. The molecule has 2 aromatic rings. The first-order valence-corrected chi connectivity index (χ1v) is 10.5. The minimum Gasteiger partial charge on any atom is -0.339 e. The van der Waals surface area contributed by atoms with Crippen LogP contribution < -0.4 is 0 Å². The first-order chi connectivity index (χ1) is 12.9. The molecule has 4 bridgehead atoms. The molecule has 0 aliphatic heterocycles. The Morgan fingerprint density at radius 1 is 1.22 bits per heavy atom. The fourth-order valence-corrected chi connectivity index (χ4v) is 8.39. The Morgan fingerprint density at radius 2 is 2.00 bits per heavy atom. The first kappa shape index (κ1) is 15.3. The van der Waals surface area contributed by atoms with Crippen LogP contribution in [-0.4, -0.2) is 15.9 Å². The molecule has 6 fully saturated rings. The van der Waals surface area contributed by atoms with Gasteiger partial charge in [0.2, 0.25) is 5.89 Å². The van der Waals surface area contributed by atoms with E-state index in [4.69, 9.17) is 21.1 Å². The molecule has 8 unspecified atom stereocenters. The summed E-state index contributed by atoms with van der Waals surface area (Å²) >= 11 is 6.00. The van der Waals surface area contributed by atoms with Crippen molar-refractivity contribution in [3.8, 4) is 0 Å². The summed E-state index contributed by atoms with van der Waals surface area (Å²) < 4.78 is 5.87. The van der Waals surface area contributed by atoms with Crippen molar-refractivity contribution in [1.29, 1.82) is 0 Å². The van der Waals surface area contributed by atoms with Gasteiger partial charge in [-0.25, -0.2) is 0 Å². The van der Waals surface area contributed by atoms with Crippen molar-refractivity contribution in [2.45, 2.75) is 37.5 Å². The summed E-state index contributed by atoms with van der Waals surface area (Å²) in [4.78, 5) is 17.8. The normalized spacial score (nSPS) is 44.7. The van der Waals surface area contributed by atoms with E-state index in [0.29, 0.717) is 35.4 Å². The van der Waals surface area contributed by atoms with Crippen molar-refractivity contribution in [2.24, 2.45) is 41.4 Å². The molecule has 8 rings (SSSR count). The molecule has 1 aromatic heterocycles. The van der Waals surface area contributed by atoms with Crippen LogP contribution in [0.5, 0.6) is 0 Å². The number of hydrogen-bond acceptors (Lipinski definition) is 4. The number of Topliss-reactive ketones (excluding diaryl/α,β-unsaturated/α-hetero) is 1. The first-order valence-electron chi connectivity index (χ1n) is 10.1. The molecule has 6 aliphatic carbocycles. The molecule has 6 saturated carbocycles. The van der Waals surface area contributed by atoms with Gasteiger partial charge in [-0.05, 0) is 60.1 Å². The molecule has 0 radical (unpaired) electrons. The second-order valence-corrected chi connectivity index (χ2v) is 10.6. The lowest BCUT2D eigenvalue weighted by molar-refractivity contribution is -0.214. The maximum atomic E-state index is 12.8. The zero-order valence-electron chi connectivity index (χ0n) is 15.4. The van der Waals surface area contributed by atoms with Crippen LogP contribution in [0.25, 0.3) is 0 Å². The number of ketones is 1. The third-order valence-corrected chi connectivity index (χ3v) is 9.07. The van der Waals surface area contributed by atoms with Crippen molar-refractivity contribution in [2.75, 3.05) is 0 Å². The summed E-state index contributed by atoms with van der Waals surface area (Å²) in [5, 5.41) is 5.14. The average Bonchev–Trinajstić information content (AvgIpc) is 3.32. The predicted octanol–water partition coefficient (Wildman–Crippen LogP) is 3.82. The van der Waals surface area contributed by atoms with Gasteiger partial charge in [-0.2, -0.15) is 4.98 Å². The van der Waals surface area contributed by atoms with Crippen molar-refractivity contribution < 1.29 is 9.32 Å². The predicted molar refractivity (Wildman–Crippen MR) is 98.2 cm³/mol. The van der Waals surface area contributed by atoms with E-state index < -0.39 is 0 Å². The number of aromatic nitrogens is 2. The van der Waals surface area contributed by atoms with Gasteiger partial charge in [0.05, 0.1) is 5.41 Å². The van der Waals surface area contributed by atoms with Crippen molar-refractivity contribution in [1.82, 2.24) is 10.1 Å². The summed E-state index contributed by atoms with van der Waals surface area (Å²) in [6.45, 7) is 4.31. The maximum absolute atomic E-state index is 12.8. The van der Waals surface area contributed by atoms with E-state index in [9.17, 15) is 4.79 Å². The van der Waals surface area contributed by atoms with Crippen LogP contribution in [0, 0.1) is 41.4 Å². The van der Waals surface area contributed by atoms with Gasteiger partial charge in [0, 0.05) is 22.3 Å². The molecule has 0 N–H and O–H groups in total. The van der Waals surface area contributed by atoms with Crippen LogP contribution >= 0.6 is 11.6 Å². The van der Waals surface area contributed by atoms with E-state index >= 15 is 0 Å². The number of nitrogens with zero attached hydrogens (tertiary/aromatic N) is 2. The average molecular weight is 381 g/mol. The highest BCUT2D eigenvalue weighted by Crippen LogP contribution is 2.92. The minimum absolute atomic E-state index is 0.0777. The van der Waals surface area contributed by atoms with Gasteiger partial charge in [-0.1, -0.05) is 42.7 Å². The zero-order chi connectivity index (χ0) is 18.3. The molecule has 5 heteroatoms. The van der Waals surface area contributed by atoms with E-state index in [1.54, 1.807) is 0 Å². The highest BCUT2D eigenvalue weighted by molar-refractivity contribution is 6.30. The standard InChI is InChI=1S/C22H21ClN2O2/c1-21(2,8-9-3-5-10(23)6-4-9)19-24-20(27-25-19)22-15-12-7-11-13(15)17(22)18(26)14(11)16(12)22/h3-6,11-17H,7-8H2,1-2H3. The van der Waals surface area contributed by atoms with E-state index in [-0.39, 0.29) is 16.7 Å². The lowest BCUT2D eigenvalue weighted by atomic mass is 9.32. The van der Waals surface area contributed by atoms with Crippen molar-refractivity contribution in [3.63, 3.8) is 0 Å². The van der Waals surface area contributed by atoms with Gasteiger partial charge in [-0.3, -0.25) is 4.79 Å². The quantitative estimate of drug-likeness (QED) is 0.809. The molecule has 1 aromatic carbocycles. The third-order valence-electron chi connectivity index (χ3n) is 8.82. The summed E-state index contributed by atoms with van der Waals surface area (Å²) in [6, 6.07) is 7.94. The smallest absolute Gasteiger partial charge is 0.234 e. The lowest BCUT2D eigenvalue weighted by Gasteiger charge is -2.69. The Morgan fingerprint density at radius 3 is 2.74 bits per heavy atom. The van der Waals surface area contributed by atoms with Gasteiger partial charge in [0.1, 0.15) is 5.78 Å². The maximum Gasteiger partial charge on any atom is 0.234 e. The number of hydrogen-bond donors (Lipinski definition) is 0. The van der Waals surface area contributed by atoms with Crippen LogP contribution in [-0.2, 0) is 22.0 Å². The van der Waals surface area contributed by atoms with Crippen LogP contribution in [0.1, 0.15) is 37.5 Å². The Kier molecular flexibility index (Phi) is 2.44. The Labute approximate surface area is 162 Å². The molecule has 27 heavy (non-hydrogen) atoms. The second-order valence-electron chi connectivity index (χ2n) is 10.1. The number of carbonyl (C=O) groups is 1. The zero-order valence-corrected chi connectivity index (χ0v) is 16.1. The Bertz CT molecular complexity index is 1010. The highest BCUT2D eigenvalue weighted by Gasteiger charge is 2.95. The molecular weight excluding hydrogens is 360 g/mol. The van der Waals surface area contributed by atoms with Crippen LogP contribution in [0.15, 0.2) is 28.8 Å². The summed E-state index contributed by atoms with van der Waals surface area (Å²) in [5.74, 6) is 5.77. The molecule has 1 heterocycles. The number of carbonyl (C=O) groups excluding carboxylic acids is 1. The summed E-state index contributed by atoms with van der Waals surface area (Å²) in [6.07, 6.45) is 2.10. The number of halogens is 1. The molecule has 138 valence electrons. The van der Waals surface area contributed by atoms with E-state index in [2.05, 4.69) is 31.1 Å². The fraction of sp³-hybridized carbons (Fsp3) is 0.591. The molecule has 6 aliphatic rings. The monoisotopic (exact) mass is 380 g/mol. The molecular formula is C22H21ClN2O2. The largest absolute Gasteiger partial charge is 0.339 e. The van der Waals surface area contributed by atoms with Gasteiger partial charge in [0.25, 0.3) is 0 Å².